The first-order valence-electron chi connectivity index (χ1n) is 8.48. The molecular formula is C17H29N3. The zero-order valence-electron chi connectivity index (χ0n) is 13.1. The Morgan fingerprint density at radius 1 is 1.30 bits per heavy atom. The van der Waals surface area contributed by atoms with Crippen LogP contribution in [0.4, 0.5) is 0 Å². The van der Waals surface area contributed by atoms with Crippen molar-refractivity contribution in [2.45, 2.75) is 83.8 Å². The summed E-state index contributed by atoms with van der Waals surface area (Å²) in [6, 6.07) is 1.15. The second-order valence-corrected chi connectivity index (χ2v) is 7.06. The molecule has 1 aromatic rings. The molecule has 3 heteroatoms. The fourth-order valence-electron chi connectivity index (χ4n) is 4.23. The van der Waals surface area contributed by atoms with Gasteiger partial charge in [-0.2, -0.15) is 0 Å². The Bertz CT molecular complexity index is 431. The minimum absolute atomic E-state index is 0.511. The first-order chi connectivity index (χ1) is 9.72. The zero-order chi connectivity index (χ0) is 14.0. The predicted octanol–water partition coefficient (Wildman–Crippen LogP) is 4.06. The molecule has 0 amide bonds. The summed E-state index contributed by atoms with van der Waals surface area (Å²) in [6.07, 6.45) is 15.0. The number of rotatable bonds is 4. The van der Waals surface area contributed by atoms with Crippen LogP contribution in [0, 0.1) is 5.41 Å². The normalized spacial score (nSPS) is 29.7. The number of aromatic nitrogens is 2. The Morgan fingerprint density at radius 2 is 2.10 bits per heavy atom. The third kappa shape index (κ3) is 2.78. The van der Waals surface area contributed by atoms with Crippen molar-refractivity contribution in [3.8, 4) is 0 Å². The van der Waals surface area contributed by atoms with Gasteiger partial charge in [-0.05, 0) is 50.9 Å². The van der Waals surface area contributed by atoms with E-state index in [2.05, 4.69) is 41.2 Å². The Morgan fingerprint density at radius 3 is 2.80 bits per heavy atom. The van der Waals surface area contributed by atoms with Crippen LogP contribution in [0.5, 0.6) is 0 Å². The van der Waals surface area contributed by atoms with E-state index in [0.717, 1.165) is 0 Å². The first-order valence-corrected chi connectivity index (χ1v) is 8.48. The lowest BCUT2D eigenvalue weighted by atomic mass is 9.83. The van der Waals surface area contributed by atoms with Crippen molar-refractivity contribution in [2.75, 3.05) is 0 Å². The van der Waals surface area contributed by atoms with Gasteiger partial charge in [-0.15, -0.1) is 0 Å². The number of piperidine rings is 1. The largest absolute Gasteiger partial charge is 0.333 e. The highest BCUT2D eigenvalue weighted by Crippen LogP contribution is 2.43. The van der Waals surface area contributed by atoms with E-state index in [9.17, 15) is 0 Å². The van der Waals surface area contributed by atoms with Crippen LogP contribution in [0.3, 0.4) is 0 Å². The van der Waals surface area contributed by atoms with Gasteiger partial charge in [0.1, 0.15) is 0 Å². The molecule has 1 saturated carbocycles. The minimum atomic E-state index is 0.511. The summed E-state index contributed by atoms with van der Waals surface area (Å²) in [4.78, 5) is 4.45. The number of hydrogen-bond acceptors (Lipinski definition) is 2. The van der Waals surface area contributed by atoms with Crippen LogP contribution in [0.25, 0.3) is 0 Å². The summed E-state index contributed by atoms with van der Waals surface area (Å²) in [5.41, 5.74) is 1.95. The molecule has 2 heterocycles. The molecule has 1 aliphatic heterocycles. The number of nitrogens with zero attached hydrogens (tertiary/aromatic N) is 2. The second-order valence-electron chi connectivity index (χ2n) is 7.06. The minimum Gasteiger partial charge on any atom is -0.333 e. The molecule has 1 aliphatic carbocycles. The molecule has 0 spiro atoms. The topological polar surface area (TPSA) is 29.9 Å². The molecule has 2 fully saturated rings. The monoisotopic (exact) mass is 275 g/mol. The van der Waals surface area contributed by atoms with Crippen LogP contribution < -0.4 is 5.32 Å². The predicted molar refractivity (Wildman–Crippen MR) is 82.6 cm³/mol. The molecule has 2 unspecified atom stereocenters. The van der Waals surface area contributed by atoms with Crippen molar-refractivity contribution < 1.29 is 0 Å². The zero-order valence-corrected chi connectivity index (χ0v) is 13.1. The molecule has 1 saturated heterocycles. The Balaban J connectivity index is 1.76. The Hall–Kier alpha value is -0.830. The van der Waals surface area contributed by atoms with Crippen LogP contribution in [0.15, 0.2) is 12.5 Å². The van der Waals surface area contributed by atoms with Gasteiger partial charge in [0.2, 0.25) is 0 Å². The van der Waals surface area contributed by atoms with Gasteiger partial charge in [0, 0.05) is 24.8 Å². The van der Waals surface area contributed by atoms with E-state index in [1.165, 1.54) is 63.6 Å². The fraction of sp³-hybridized carbons (Fsp3) is 0.824. The number of nitrogens with one attached hydrogen (secondary N) is 1. The maximum absolute atomic E-state index is 4.45. The van der Waals surface area contributed by atoms with Crippen LogP contribution in [0.2, 0.25) is 0 Å². The molecule has 0 bridgehead atoms. The molecule has 2 aliphatic rings. The highest BCUT2D eigenvalue weighted by Gasteiger charge is 2.33. The lowest BCUT2D eigenvalue weighted by molar-refractivity contribution is 0.228. The SMILES string of the molecule is CCC1(Cn2cncc2C2CCCC(C)N2)CCCC1. The molecule has 0 aromatic carbocycles. The van der Waals surface area contributed by atoms with E-state index in [1.54, 1.807) is 0 Å². The van der Waals surface area contributed by atoms with Crippen LogP contribution in [-0.4, -0.2) is 15.6 Å². The lowest BCUT2D eigenvalue weighted by Crippen LogP contribution is -2.36. The van der Waals surface area contributed by atoms with E-state index >= 15 is 0 Å². The molecule has 3 nitrogen and oxygen atoms in total. The summed E-state index contributed by atoms with van der Waals surface area (Å²) in [5.74, 6) is 0. The van der Waals surface area contributed by atoms with Crippen molar-refractivity contribution in [3.63, 3.8) is 0 Å². The quantitative estimate of drug-likeness (QED) is 0.898. The average molecular weight is 275 g/mol. The van der Waals surface area contributed by atoms with Crippen molar-refractivity contribution >= 4 is 0 Å². The molecule has 3 rings (SSSR count). The van der Waals surface area contributed by atoms with Crippen LogP contribution >= 0.6 is 0 Å². The second kappa shape index (κ2) is 5.88. The van der Waals surface area contributed by atoms with E-state index in [4.69, 9.17) is 0 Å². The van der Waals surface area contributed by atoms with Crippen molar-refractivity contribution in [1.82, 2.24) is 14.9 Å². The van der Waals surface area contributed by atoms with Crippen LogP contribution in [-0.2, 0) is 6.54 Å². The van der Waals surface area contributed by atoms with Gasteiger partial charge in [0.15, 0.2) is 0 Å². The Labute approximate surface area is 123 Å². The molecule has 20 heavy (non-hydrogen) atoms. The number of hydrogen-bond donors (Lipinski definition) is 1. The van der Waals surface area contributed by atoms with Crippen molar-refractivity contribution in [3.05, 3.63) is 18.2 Å². The number of imidazole rings is 1. The standard InChI is InChI=1S/C17H29N3/c1-3-17(9-4-5-10-17)12-20-13-18-11-16(20)15-8-6-7-14(2)19-15/h11,13-15,19H,3-10,12H2,1-2H3. The van der Waals surface area contributed by atoms with Gasteiger partial charge < -0.3 is 9.88 Å². The summed E-state index contributed by atoms with van der Waals surface area (Å²) in [7, 11) is 0. The van der Waals surface area contributed by atoms with Gasteiger partial charge in [0.25, 0.3) is 0 Å². The van der Waals surface area contributed by atoms with Crippen LogP contribution in [0.1, 0.15) is 76.9 Å². The molecule has 1 N–H and O–H groups in total. The van der Waals surface area contributed by atoms with Gasteiger partial charge >= 0.3 is 0 Å². The van der Waals surface area contributed by atoms with E-state index < -0.39 is 0 Å². The summed E-state index contributed by atoms with van der Waals surface area (Å²) in [5, 5.41) is 3.75. The van der Waals surface area contributed by atoms with E-state index in [1.807, 2.05) is 0 Å². The summed E-state index contributed by atoms with van der Waals surface area (Å²) in [6.45, 7) is 5.84. The molecule has 0 radical (unpaired) electrons. The van der Waals surface area contributed by atoms with Crippen molar-refractivity contribution in [2.24, 2.45) is 5.41 Å². The third-order valence-corrected chi connectivity index (χ3v) is 5.64. The molecular weight excluding hydrogens is 246 g/mol. The maximum atomic E-state index is 4.45. The average Bonchev–Trinajstić information content (AvgIpc) is 3.09. The van der Waals surface area contributed by atoms with E-state index in [-0.39, 0.29) is 0 Å². The highest BCUT2D eigenvalue weighted by atomic mass is 15.1. The molecule has 1 aromatic heterocycles. The maximum Gasteiger partial charge on any atom is 0.0948 e. The molecule has 112 valence electrons. The van der Waals surface area contributed by atoms with Gasteiger partial charge in [-0.3, -0.25) is 0 Å². The summed E-state index contributed by atoms with van der Waals surface area (Å²) >= 11 is 0. The molecule has 2 atom stereocenters. The lowest BCUT2D eigenvalue weighted by Gasteiger charge is -2.32. The Kier molecular flexibility index (Phi) is 4.16. The fourth-order valence-corrected chi connectivity index (χ4v) is 4.23. The van der Waals surface area contributed by atoms with Crippen molar-refractivity contribution in [1.29, 1.82) is 0 Å². The first kappa shape index (κ1) is 14.1. The highest BCUT2D eigenvalue weighted by molar-refractivity contribution is 5.08. The smallest absolute Gasteiger partial charge is 0.0948 e. The van der Waals surface area contributed by atoms with Gasteiger partial charge in [0.05, 0.1) is 12.0 Å². The van der Waals surface area contributed by atoms with Gasteiger partial charge in [-0.1, -0.05) is 19.8 Å². The third-order valence-electron chi connectivity index (χ3n) is 5.64. The summed E-state index contributed by atoms with van der Waals surface area (Å²) < 4.78 is 2.45. The van der Waals surface area contributed by atoms with E-state index in [0.29, 0.717) is 17.5 Å². The van der Waals surface area contributed by atoms with Gasteiger partial charge in [-0.25, -0.2) is 4.98 Å².